The molecule has 3 nitrogen and oxygen atoms in total. The molecule has 0 saturated heterocycles. The molecule has 0 aliphatic carbocycles. The van der Waals surface area contributed by atoms with E-state index in [1.807, 2.05) is 24.3 Å². The number of rotatable bonds is 4. The van der Waals surface area contributed by atoms with Crippen LogP contribution in [0.5, 0.6) is 0 Å². The lowest BCUT2D eigenvalue weighted by Gasteiger charge is -2.04. The zero-order chi connectivity index (χ0) is 13.0. The summed E-state index contributed by atoms with van der Waals surface area (Å²) in [6, 6.07) is 9.36. The second-order valence-electron chi connectivity index (χ2n) is 4.04. The summed E-state index contributed by atoms with van der Waals surface area (Å²) in [7, 11) is 0. The van der Waals surface area contributed by atoms with Crippen molar-refractivity contribution < 1.29 is 9.21 Å². The molecule has 1 aromatic carbocycles. The number of halogens is 1. The number of aryl methyl sites for hydroxylation is 2. The topological polar surface area (TPSA) is 42.2 Å². The molecule has 1 aromatic heterocycles. The van der Waals surface area contributed by atoms with Crippen LogP contribution in [0.25, 0.3) is 0 Å². The van der Waals surface area contributed by atoms with Gasteiger partial charge in [0.1, 0.15) is 12.0 Å². The average molecular weight is 264 g/mol. The van der Waals surface area contributed by atoms with E-state index >= 15 is 0 Å². The van der Waals surface area contributed by atoms with Gasteiger partial charge in [-0.05, 0) is 37.1 Å². The Morgan fingerprint density at radius 1 is 1.33 bits per heavy atom. The number of alkyl halides is 1. The van der Waals surface area contributed by atoms with E-state index in [0.29, 0.717) is 11.4 Å². The lowest BCUT2D eigenvalue weighted by Crippen LogP contribution is -2.10. The molecule has 1 heterocycles. The standard InChI is InChI=1S/C14H14ClNO2/c1-10-8-12(9-18-10)14(17)16-13-4-2-11(3-5-13)6-7-15/h2-5,8-9H,6-7H2,1H3,(H,16,17). The van der Waals surface area contributed by atoms with Crippen LogP contribution in [-0.4, -0.2) is 11.8 Å². The van der Waals surface area contributed by atoms with Crippen LogP contribution in [0.4, 0.5) is 5.69 Å². The van der Waals surface area contributed by atoms with Crippen LogP contribution < -0.4 is 5.32 Å². The van der Waals surface area contributed by atoms with E-state index in [1.54, 1.807) is 13.0 Å². The Bertz CT molecular complexity index is 531. The van der Waals surface area contributed by atoms with E-state index in [4.69, 9.17) is 16.0 Å². The van der Waals surface area contributed by atoms with Gasteiger partial charge < -0.3 is 9.73 Å². The minimum Gasteiger partial charge on any atom is -0.469 e. The molecule has 2 rings (SSSR count). The van der Waals surface area contributed by atoms with Crippen LogP contribution in [0.3, 0.4) is 0 Å². The van der Waals surface area contributed by atoms with Crippen molar-refractivity contribution >= 4 is 23.2 Å². The maximum Gasteiger partial charge on any atom is 0.258 e. The molecule has 0 bridgehead atoms. The SMILES string of the molecule is Cc1cc(C(=O)Nc2ccc(CCCl)cc2)co1. The van der Waals surface area contributed by atoms with Crippen molar-refractivity contribution in [2.75, 3.05) is 11.2 Å². The van der Waals surface area contributed by atoms with E-state index < -0.39 is 0 Å². The van der Waals surface area contributed by atoms with Crippen molar-refractivity contribution in [3.63, 3.8) is 0 Å². The van der Waals surface area contributed by atoms with E-state index in [2.05, 4.69) is 5.32 Å². The van der Waals surface area contributed by atoms with Gasteiger partial charge in [-0.1, -0.05) is 12.1 Å². The van der Waals surface area contributed by atoms with E-state index in [1.165, 1.54) is 6.26 Å². The fourth-order valence-corrected chi connectivity index (χ4v) is 1.85. The van der Waals surface area contributed by atoms with Gasteiger partial charge in [0.25, 0.3) is 5.91 Å². The van der Waals surface area contributed by atoms with Gasteiger partial charge in [-0.3, -0.25) is 4.79 Å². The normalized spacial score (nSPS) is 10.3. The van der Waals surface area contributed by atoms with Gasteiger partial charge in [0.05, 0.1) is 5.56 Å². The number of carbonyl (C=O) groups is 1. The molecule has 0 radical (unpaired) electrons. The summed E-state index contributed by atoms with van der Waals surface area (Å²) < 4.78 is 5.10. The van der Waals surface area contributed by atoms with Gasteiger partial charge in [-0.2, -0.15) is 0 Å². The number of carbonyl (C=O) groups excluding carboxylic acids is 1. The average Bonchev–Trinajstić information content (AvgIpc) is 2.79. The van der Waals surface area contributed by atoms with Gasteiger partial charge in [0, 0.05) is 11.6 Å². The Balaban J connectivity index is 2.03. The number of amides is 1. The fourth-order valence-electron chi connectivity index (χ4n) is 1.63. The van der Waals surface area contributed by atoms with E-state index in [-0.39, 0.29) is 5.91 Å². The molecule has 0 saturated carbocycles. The smallest absolute Gasteiger partial charge is 0.258 e. The van der Waals surface area contributed by atoms with Crippen LogP contribution in [0.2, 0.25) is 0 Å². The molecule has 2 aromatic rings. The molecule has 1 amide bonds. The third-order valence-corrected chi connectivity index (χ3v) is 2.78. The van der Waals surface area contributed by atoms with Crippen LogP contribution in [-0.2, 0) is 6.42 Å². The molecule has 1 N–H and O–H groups in total. The van der Waals surface area contributed by atoms with Crippen LogP contribution in [0, 0.1) is 6.92 Å². The highest BCUT2D eigenvalue weighted by atomic mass is 35.5. The van der Waals surface area contributed by atoms with Crippen molar-refractivity contribution in [3.8, 4) is 0 Å². The molecular formula is C14H14ClNO2. The Morgan fingerprint density at radius 3 is 2.61 bits per heavy atom. The van der Waals surface area contributed by atoms with Crippen molar-refractivity contribution in [3.05, 3.63) is 53.5 Å². The van der Waals surface area contributed by atoms with E-state index in [9.17, 15) is 4.79 Å². The predicted octanol–water partition coefficient (Wildman–Crippen LogP) is 3.62. The second kappa shape index (κ2) is 5.74. The number of hydrogen-bond acceptors (Lipinski definition) is 2. The third-order valence-electron chi connectivity index (χ3n) is 2.59. The summed E-state index contributed by atoms with van der Waals surface area (Å²) in [6.45, 7) is 1.80. The van der Waals surface area contributed by atoms with E-state index in [0.717, 1.165) is 23.4 Å². The molecule has 0 atom stereocenters. The minimum atomic E-state index is -0.169. The number of anilines is 1. The molecule has 0 aliphatic heterocycles. The van der Waals surface area contributed by atoms with Crippen molar-refractivity contribution in [1.29, 1.82) is 0 Å². The molecular weight excluding hydrogens is 250 g/mol. The van der Waals surface area contributed by atoms with Crippen LogP contribution in [0.15, 0.2) is 41.0 Å². The van der Waals surface area contributed by atoms with Gasteiger partial charge in [0.2, 0.25) is 0 Å². The fraction of sp³-hybridized carbons (Fsp3) is 0.214. The minimum absolute atomic E-state index is 0.169. The van der Waals surface area contributed by atoms with Gasteiger partial charge >= 0.3 is 0 Å². The number of furan rings is 1. The summed E-state index contributed by atoms with van der Waals surface area (Å²) in [5.74, 6) is 1.15. The summed E-state index contributed by atoms with van der Waals surface area (Å²) in [6.07, 6.45) is 2.28. The Kier molecular flexibility index (Phi) is 4.05. The monoisotopic (exact) mass is 263 g/mol. The zero-order valence-electron chi connectivity index (χ0n) is 10.1. The maximum atomic E-state index is 11.8. The van der Waals surface area contributed by atoms with Gasteiger partial charge in [0.15, 0.2) is 0 Å². The maximum absolute atomic E-state index is 11.8. The van der Waals surface area contributed by atoms with Crippen LogP contribution >= 0.6 is 11.6 Å². The first-order valence-electron chi connectivity index (χ1n) is 5.70. The van der Waals surface area contributed by atoms with Crippen molar-refractivity contribution in [1.82, 2.24) is 0 Å². The van der Waals surface area contributed by atoms with Crippen molar-refractivity contribution in [2.24, 2.45) is 0 Å². The van der Waals surface area contributed by atoms with Gasteiger partial charge in [-0.25, -0.2) is 0 Å². The lowest BCUT2D eigenvalue weighted by atomic mass is 10.1. The molecule has 94 valence electrons. The number of hydrogen-bond donors (Lipinski definition) is 1. The molecule has 0 spiro atoms. The first kappa shape index (κ1) is 12.7. The number of nitrogens with one attached hydrogen (secondary N) is 1. The summed E-state index contributed by atoms with van der Waals surface area (Å²) in [5.41, 5.74) is 2.44. The zero-order valence-corrected chi connectivity index (χ0v) is 10.8. The molecule has 0 unspecified atom stereocenters. The molecule has 0 fully saturated rings. The number of benzene rings is 1. The highest BCUT2D eigenvalue weighted by Gasteiger charge is 2.08. The second-order valence-corrected chi connectivity index (χ2v) is 4.41. The molecule has 0 aliphatic rings. The molecule has 4 heteroatoms. The van der Waals surface area contributed by atoms with Crippen LogP contribution in [0.1, 0.15) is 21.7 Å². The Labute approximate surface area is 111 Å². The quantitative estimate of drug-likeness (QED) is 0.856. The highest BCUT2D eigenvalue weighted by molar-refractivity contribution is 6.18. The van der Waals surface area contributed by atoms with Gasteiger partial charge in [-0.15, -0.1) is 11.6 Å². The highest BCUT2D eigenvalue weighted by Crippen LogP contribution is 2.13. The Hall–Kier alpha value is -1.74. The summed E-state index contributed by atoms with van der Waals surface area (Å²) in [4.78, 5) is 11.8. The first-order valence-corrected chi connectivity index (χ1v) is 6.24. The lowest BCUT2D eigenvalue weighted by molar-refractivity contribution is 0.102. The molecule has 18 heavy (non-hydrogen) atoms. The third kappa shape index (κ3) is 3.14. The summed E-state index contributed by atoms with van der Waals surface area (Å²) in [5, 5.41) is 2.81. The first-order chi connectivity index (χ1) is 8.69. The van der Waals surface area contributed by atoms with Crippen molar-refractivity contribution in [2.45, 2.75) is 13.3 Å². The largest absolute Gasteiger partial charge is 0.469 e. The summed E-state index contributed by atoms with van der Waals surface area (Å²) >= 11 is 5.66. The predicted molar refractivity (Wildman–Crippen MR) is 72.3 cm³/mol. The Morgan fingerprint density at radius 2 is 2.06 bits per heavy atom.